The van der Waals surface area contributed by atoms with Crippen molar-refractivity contribution >= 4 is 23.4 Å². The first-order chi connectivity index (χ1) is 14.7. The van der Waals surface area contributed by atoms with Crippen molar-refractivity contribution < 1.29 is 36.2 Å². The second-order valence-electron chi connectivity index (χ2n) is 6.26. The summed E-state index contributed by atoms with van der Waals surface area (Å²) in [5, 5.41) is 3.83. The molecule has 0 radical (unpaired) electrons. The molecule has 10 heteroatoms. The van der Waals surface area contributed by atoms with Gasteiger partial charge in [0.25, 0.3) is 5.91 Å². The normalized spacial score (nSPS) is 14.8. The van der Waals surface area contributed by atoms with E-state index in [2.05, 4.69) is 11.7 Å². The molecular weight excluding hydrogens is 423 g/mol. The number of carbonyl (C=O) groups excluding carboxylic acids is 1. The lowest BCUT2D eigenvalue weighted by molar-refractivity contribution is -0.114. The Labute approximate surface area is 173 Å². The van der Waals surface area contributed by atoms with Crippen LogP contribution in [0.25, 0.3) is 6.08 Å². The molecule has 1 amide bonds. The van der Waals surface area contributed by atoms with E-state index in [0.717, 1.165) is 0 Å². The summed E-state index contributed by atoms with van der Waals surface area (Å²) in [5.41, 5.74) is -1.25. The number of anilines is 1. The zero-order valence-corrected chi connectivity index (χ0v) is 16.3. The van der Waals surface area contributed by atoms with E-state index in [9.17, 15) is 26.7 Å². The molecule has 1 aliphatic heterocycles. The van der Waals surface area contributed by atoms with Gasteiger partial charge in [-0.1, -0.05) is 24.8 Å². The van der Waals surface area contributed by atoms with Gasteiger partial charge in [0.1, 0.15) is 12.3 Å². The van der Waals surface area contributed by atoms with Crippen molar-refractivity contribution in [3.63, 3.8) is 0 Å². The quantitative estimate of drug-likeness (QED) is 0.215. The predicted octanol–water partition coefficient (Wildman–Crippen LogP) is 4.76. The monoisotopic (exact) mass is 438 g/mol. The maximum atomic E-state index is 14.2. The molecule has 0 aromatic heterocycles. The molecule has 0 unspecified atom stereocenters. The summed E-state index contributed by atoms with van der Waals surface area (Å²) < 4.78 is 79.6. The number of carbonyl (C=O) groups is 1. The number of nitrogens with zero attached hydrogens (tertiary/aromatic N) is 2. The fraction of sp³-hybridized carbons (Fsp3) is 0.143. The van der Waals surface area contributed by atoms with Gasteiger partial charge < -0.3 is 9.47 Å². The summed E-state index contributed by atoms with van der Waals surface area (Å²) in [6.45, 7) is 5.02. The van der Waals surface area contributed by atoms with Crippen LogP contribution in [0.5, 0.6) is 11.5 Å². The fourth-order valence-corrected chi connectivity index (χ4v) is 2.87. The Bertz CT molecular complexity index is 1120. The number of benzene rings is 2. The minimum Gasteiger partial charge on any atom is -0.493 e. The minimum atomic E-state index is -2.33. The first kappa shape index (κ1) is 22.0. The van der Waals surface area contributed by atoms with Gasteiger partial charge in [0.05, 0.1) is 18.4 Å². The average molecular weight is 438 g/mol. The van der Waals surface area contributed by atoms with Crippen LogP contribution >= 0.6 is 0 Å². The Morgan fingerprint density at radius 1 is 1.06 bits per heavy atom. The third-order valence-electron chi connectivity index (χ3n) is 4.34. The number of amides is 1. The van der Waals surface area contributed by atoms with Crippen molar-refractivity contribution in [1.82, 2.24) is 0 Å². The van der Waals surface area contributed by atoms with Crippen LogP contribution in [0.3, 0.4) is 0 Å². The molecule has 0 N–H and O–H groups in total. The van der Waals surface area contributed by atoms with Crippen LogP contribution in [0.15, 0.2) is 41.5 Å². The van der Waals surface area contributed by atoms with Crippen molar-refractivity contribution in [3.8, 4) is 11.5 Å². The van der Waals surface area contributed by atoms with E-state index in [1.54, 1.807) is 18.2 Å². The predicted molar refractivity (Wildman–Crippen MR) is 103 cm³/mol. The van der Waals surface area contributed by atoms with Crippen LogP contribution < -0.4 is 14.5 Å². The highest BCUT2D eigenvalue weighted by Crippen LogP contribution is 2.36. The second kappa shape index (κ2) is 8.58. The van der Waals surface area contributed by atoms with Crippen LogP contribution in [-0.4, -0.2) is 25.3 Å². The van der Waals surface area contributed by atoms with E-state index in [1.165, 1.54) is 26.2 Å². The van der Waals surface area contributed by atoms with Gasteiger partial charge in [-0.15, -0.1) is 0 Å². The lowest BCUT2D eigenvalue weighted by atomic mass is 10.1. The molecule has 0 fully saturated rings. The first-order valence-electron chi connectivity index (χ1n) is 8.76. The van der Waals surface area contributed by atoms with Gasteiger partial charge in [0.15, 0.2) is 34.8 Å². The highest BCUT2D eigenvalue weighted by molar-refractivity contribution is 6.32. The lowest BCUT2D eigenvalue weighted by Gasteiger charge is -2.15. The molecule has 0 atom stereocenters. The van der Waals surface area contributed by atoms with Gasteiger partial charge in [0.2, 0.25) is 5.82 Å². The van der Waals surface area contributed by atoms with Gasteiger partial charge in [0, 0.05) is 5.56 Å². The molecule has 1 aliphatic rings. The van der Waals surface area contributed by atoms with Crippen molar-refractivity contribution in [3.05, 3.63) is 71.1 Å². The van der Waals surface area contributed by atoms with Gasteiger partial charge in [-0.2, -0.15) is 10.1 Å². The Kier molecular flexibility index (Phi) is 6.09. The van der Waals surface area contributed by atoms with Crippen molar-refractivity contribution in [2.24, 2.45) is 5.10 Å². The average Bonchev–Trinajstić information content (AvgIpc) is 3.03. The molecule has 0 saturated heterocycles. The fourth-order valence-electron chi connectivity index (χ4n) is 2.87. The van der Waals surface area contributed by atoms with Gasteiger partial charge in [-0.25, -0.2) is 22.0 Å². The topological polar surface area (TPSA) is 51.1 Å². The molecule has 162 valence electrons. The zero-order valence-electron chi connectivity index (χ0n) is 16.3. The van der Waals surface area contributed by atoms with Gasteiger partial charge >= 0.3 is 0 Å². The highest BCUT2D eigenvalue weighted by atomic mass is 19.2. The van der Waals surface area contributed by atoms with E-state index in [1.807, 2.05) is 0 Å². The number of hydrogen-bond donors (Lipinski definition) is 0. The van der Waals surface area contributed by atoms with Crippen LogP contribution in [0, 0.1) is 29.1 Å². The maximum Gasteiger partial charge on any atom is 0.280 e. The molecule has 1 heterocycles. The Hall–Kier alpha value is -3.69. The smallest absolute Gasteiger partial charge is 0.280 e. The standard InChI is InChI=1S/C21H15F5N2O3/c1-4-8-31-20-11(6-5-7-13(20)30-3)9-12-10(2)27-28(21(12)29)19-17(25)15(23)14(22)16(24)18(19)26/h4-7,9H,1,8H2,2-3H3/b12-9-. The summed E-state index contributed by atoms with van der Waals surface area (Å²) in [7, 11) is 1.41. The summed E-state index contributed by atoms with van der Waals surface area (Å²) in [4.78, 5) is 12.8. The lowest BCUT2D eigenvalue weighted by Crippen LogP contribution is -2.25. The van der Waals surface area contributed by atoms with E-state index >= 15 is 0 Å². The Balaban J connectivity index is 2.10. The number of ether oxygens (including phenoxy) is 2. The molecule has 0 aliphatic carbocycles. The summed E-state index contributed by atoms with van der Waals surface area (Å²) in [6.07, 6.45) is 2.80. The molecule has 0 bridgehead atoms. The zero-order chi connectivity index (χ0) is 22.9. The number of rotatable bonds is 6. The molecule has 0 spiro atoms. The van der Waals surface area contributed by atoms with E-state index in [0.29, 0.717) is 11.3 Å². The molecule has 2 aromatic carbocycles. The molecule has 5 nitrogen and oxygen atoms in total. The number of para-hydroxylation sites is 1. The highest BCUT2D eigenvalue weighted by Gasteiger charge is 2.37. The SMILES string of the molecule is C=CCOc1c(/C=C2\C(=O)N(c3c(F)c(F)c(F)c(F)c3F)N=C2C)cccc1OC. The van der Waals surface area contributed by atoms with Crippen LogP contribution in [-0.2, 0) is 4.79 Å². The van der Waals surface area contributed by atoms with E-state index in [4.69, 9.17) is 9.47 Å². The maximum absolute atomic E-state index is 14.2. The molecule has 3 rings (SSSR count). The van der Waals surface area contributed by atoms with Crippen molar-refractivity contribution in [2.75, 3.05) is 18.7 Å². The summed E-state index contributed by atoms with van der Waals surface area (Å²) >= 11 is 0. The van der Waals surface area contributed by atoms with Crippen LogP contribution in [0.1, 0.15) is 12.5 Å². The molecule has 2 aromatic rings. The number of hydrogen-bond acceptors (Lipinski definition) is 4. The molecule has 0 saturated carbocycles. The number of methoxy groups -OCH3 is 1. The Morgan fingerprint density at radius 3 is 2.26 bits per heavy atom. The van der Waals surface area contributed by atoms with Crippen LogP contribution in [0.4, 0.5) is 27.6 Å². The van der Waals surface area contributed by atoms with E-state index in [-0.39, 0.29) is 28.7 Å². The molecule has 31 heavy (non-hydrogen) atoms. The Morgan fingerprint density at radius 2 is 1.68 bits per heavy atom. The molecular formula is C21H15F5N2O3. The number of hydrazone groups is 1. The third kappa shape index (κ3) is 3.76. The van der Waals surface area contributed by atoms with Gasteiger partial charge in [-0.05, 0) is 19.1 Å². The largest absolute Gasteiger partial charge is 0.493 e. The summed E-state index contributed by atoms with van der Waals surface area (Å²) in [5.74, 6) is -11.5. The van der Waals surface area contributed by atoms with Crippen molar-refractivity contribution in [1.29, 1.82) is 0 Å². The van der Waals surface area contributed by atoms with Crippen LogP contribution in [0.2, 0.25) is 0 Å². The van der Waals surface area contributed by atoms with Crippen molar-refractivity contribution in [2.45, 2.75) is 6.92 Å². The second-order valence-corrected chi connectivity index (χ2v) is 6.26. The van der Waals surface area contributed by atoms with Gasteiger partial charge in [-0.3, -0.25) is 4.79 Å². The van der Waals surface area contributed by atoms with E-state index < -0.39 is 40.7 Å². The number of halogens is 5. The summed E-state index contributed by atoms with van der Waals surface area (Å²) in [6, 6.07) is 4.80. The first-order valence-corrected chi connectivity index (χ1v) is 8.76. The third-order valence-corrected chi connectivity index (χ3v) is 4.34. The minimum absolute atomic E-state index is 0.00793.